The molecule has 0 radical (unpaired) electrons. The van der Waals surface area contributed by atoms with E-state index in [9.17, 15) is 9.59 Å². The van der Waals surface area contributed by atoms with Gasteiger partial charge in [0, 0.05) is 17.3 Å². The van der Waals surface area contributed by atoms with Crippen molar-refractivity contribution in [3.8, 4) is 0 Å². The van der Waals surface area contributed by atoms with Crippen LogP contribution < -0.4 is 16.0 Å². The Hall–Kier alpha value is -2.12. The average Bonchev–Trinajstić information content (AvgIpc) is 3.03. The van der Waals surface area contributed by atoms with E-state index >= 15 is 0 Å². The molecule has 1 fully saturated rings. The minimum absolute atomic E-state index is 0.0882. The first-order valence-electron chi connectivity index (χ1n) is 7.80. The highest BCUT2D eigenvalue weighted by molar-refractivity contribution is 9.10. The van der Waals surface area contributed by atoms with Crippen molar-refractivity contribution < 1.29 is 14.0 Å². The van der Waals surface area contributed by atoms with Crippen molar-refractivity contribution in [2.45, 2.75) is 18.9 Å². The van der Waals surface area contributed by atoms with Crippen molar-refractivity contribution in [2.24, 2.45) is 0 Å². The molecule has 24 heavy (non-hydrogen) atoms. The summed E-state index contributed by atoms with van der Waals surface area (Å²) in [6.45, 7) is 1.86. The van der Waals surface area contributed by atoms with Crippen LogP contribution in [0, 0.1) is 0 Å². The Kier molecular flexibility index (Phi) is 5.32. The van der Waals surface area contributed by atoms with E-state index in [1.807, 2.05) is 0 Å². The van der Waals surface area contributed by atoms with Gasteiger partial charge >= 0.3 is 0 Å². The van der Waals surface area contributed by atoms with Crippen LogP contribution >= 0.6 is 15.9 Å². The van der Waals surface area contributed by atoms with Crippen LogP contribution in [-0.4, -0.2) is 30.9 Å². The fourth-order valence-electron chi connectivity index (χ4n) is 2.57. The van der Waals surface area contributed by atoms with E-state index in [-0.39, 0.29) is 23.6 Å². The molecule has 1 saturated heterocycles. The van der Waals surface area contributed by atoms with Crippen LogP contribution in [0.1, 0.15) is 33.8 Å². The smallest absolute Gasteiger partial charge is 0.291 e. The van der Waals surface area contributed by atoms with Gasteiger partial charge in [-0.15, -0.1) is 0 Å². The molecular weight excluding hydrogens is 374 g/mol. The molecule has 0 spiro atoms. The zero-order valence-corrected chi connectivity index (χ0v) is 14.6. The number of piperidine rings is 1. The molecule has 0 unspecified atom stereocenters. The fraction of sp³-hybridized carbons (Fsp3) is 0.294. The Bertz CT molecular complexity index is 721. The van der Waals surface area contributed by atoms with Crippen molar-refractivity contribution >= 4 is 33.4 Å². The van der Waals surface area contributed by atoms with E-state index in [2.05, 4.69) is 31.9 Å². The van der Waals surface area contributed by atoms with Gasteiger partial charge in [0.25, 0.3) is 11.8 Å². The number of rotatable bonds is 4. The van der Waals surface area contributed by atoms with Gasteiger partial charge in [0.1, 0.15) is 0 Å². The van der Waals surface area contributed by atoms with Gasteiger partial charge in [-0.1, -0.05) is 0 Å². The molecule has 0 atom stereocenters. The molecule has 0 bridgehead atoms. The molecule has 1 aromatic heterocycles. The number of amides is 2. The van der Waals surface area contributed by atoms with E-state index in [1.165, 1.54) is 0 Å². The van der Waals surface area contributed by atoms with Crippen LogP contribution in [0.15, 0.2) is 45.5 Å². The SMILES string of the molecule is O=C(NC1CCNCC1)c1ccc(NC(=O)c2ccc(Br)o2)cc1. The second-order valence-electron chi connectivity index (χ2n) is 5.63. The van der Waals surface area contributed by atoms with Gasteiger partial charge < -0.3 is 20.4 Å². The lowest BCUT2D eigenvalue weighted by atomic mass is 10.1. The Balaban J connectivity index is 1.58. The fourth-order valence-corrected chi connectivity index (χ4v) is 2.88. The minimum Gasteiger partial charge on any atom is -0.444 e. The lowest BCUT2D eigenvalue weighted by Gasteiger charge is -2.23. The molecule has 1 aliphatic heterocycles. The highest BCUT2D eigenvalue weighted by Crippen LogP contribution is 2.16. The summed E-state index contributed by atoms with van der Waals surface area (Å²) in [4.78, 5) is 24.2. The largest absolute Gasteiger partial charge is 0.444 e. The van der Waals surface area contributed by atoms with Crippen molar-refractivity contribution in [1.29, 1.82) is 0 Å². The maximum atomic E-state index is 12.2. The van der Waals surface area contributed by atoms with Gasteiger partial charge in [0.05, 0.1) is 0 Å². The van der Waals surface area contributed by atoms with Gasteiger partial charge in [0.2, 0.25) is 0 Å². The second-order valence-corrected chi connectivity index (χ2v) is 6.41. The van der Waals surface area contributed by atoms with E-state index < -0.39 is 0 Å². The monoisotopic (exact) mass is 391 g/mol. The quantitative estimate of drug-likeness (QED) is 0.747. The van der Waals surface area contributed by atoms with E-state index in [4.69, 9.17) is 4.42 Å². The van der Waals surface area contributed by atoms with Crippen LogP contribution in [0.5, 0.6) is 0 Å². The number of anilines is 1. The molecule has 7 heteroatoms. The number of hydrogen-bond acceptors (Lipinski definition) is 4. The third-order valence-corrected chi connectivity index (χ3v) is 4.30. The molecule has 3 rings (SSSR count). The van der Waals surface area contributed by atoms with Gasteiger partial charge in [0.15, 0.2) is 10.4 Å². The van der Waals surface area contributed by atoms with Crippen molar-refractivity contribution in [2.75, 3.05) is 18.4 Å². The van der Waals surface area contributed by atoms with Crippen LogP contribution in [0.25, 0.3) is 0 Å². The zero-order valence-electron chi connectivity index (χ0n) is 13.0. The summed E-state index contributed by atoms with van der Waals surface area (Å²) >= 11 is 3.16. The molecule has 2 aromatic rings. The normalized spacial score (nSPS) is 15.0. The summed E-state index contributed by atoms with van der Waals surface area (Å²) in [5, 5.41) is 9.03. The molecule has 2 heterocycles. The number of carbonyl (C=O) groups excluding carboxylic acids is 2. The average molecular weight is 392 g/mol. The molecule has 126 valence electrons. The van der Waals surface area contributed by atoms with Crippen LogP contribution in [0.2, 0.25) is 0 Å². The van der Waals surface area contributed by atoms with Crippen molar-refractivity contribution in [3.05, 3.63) is 52.4 Å². The number of nitrogens with one attached hydrogen (secondary N) is 3. The van der Waals surface area contributed by atoms with Gasteiger partial charge in [-0.3, -0.25) is 9.59 Å². The van der Waals surface area contributed by atoms with Crippen molar-refractivity contribution in [1.82, 2.24) is 10.6 Å². The second kappa shape index (κ2) is 7.63. The van der Waals surface area contributed by atoms with Gasteiger partial charge in [-0.05, 0) is 78.3 Å². The molecule has 3 N–H and O–H groups in total. The molecule has 1 aromatic carbocycles. The van der Waals surface area contributed by atoms with E-state index in [0.717, 1.165) is 25.9 Å². The number of benzene rings is 1. The maximum Gasteiger partial charge on any atom is 0.291 e. The van der Waals surface area contributed by atoms with Crippen LogP contribution in [0.3, 0.4) is 0 Å². The first kappa shape index (κ1) is 16.7. The Morgan fingerprint density at radius 1 is 1.04 bits per heavy atom. The number of carbonyl (C=O) groups is 2. The van der Waals surface area contributed by atoms with Gasteiger partial charge in [-0.2, -0.15) is 0 Å². The minimum atomic E-state index is -0.340. The van der Waals surface area contributed by atoms with E-state index in [0.29, 0.717) is 15.9 Å². The highest BCUT2D eigenvalue weighted by Gasteiger charge is 2.16. The molecule has 2 amide bonds. The van der Waals surface area contributed by atoms with Crippen LogP contribution in [0.4, 0.5) is 5.69 Å². The summed E-state index contributed by atoms with van der Waals surface area (Å²) in [6, 6.07) is 10.3. The molecule has 0 saturated carbocycles. The van der Waals surface area contributed by atoms with Crippen molar-refractivity contribution in [3.63, 3.8) is 0 Å². The summed E-state index contributed by atoms with van der Waals surface area (Å²) in [7, 11) is 0. The predicted molar refractivity (Wildman–Crippen MR) is 94.2 cm³/mol. The van der Waals surface area contributed by atoms with Crippen LogP contribution in [-0.2, 0) is 0 Å². The maximum absolute atomic E-state index is 12.2. The first-order valence-corrected chi connectivity index (χ1v) is 8.59. The highest BCUT2D eigenvalue weighted by atomic mass is 79.9. The summed E-state index contributed by atoms with van der Waals surface area (Å²) in [5.74, 6) is -0.211. The number of furan rings is 1. The Morgan fingerprint density at radius 2 is 1.75 bits per heavy atom. The molecule has 0 aliphatic carbocycles. The lowest BCUT2D eigenvalue weighted by molar-refractivity contribution is 0.0929. The van der Waals surface area contributed by atoms with E-state index in [1.54, 1.807) is 36.4 Å². The number of halogens is 1. The summed E-state index contributed by atoms with van der Waals surface area (Å²) in [5.41, 5.74) is 1.18. The number of hydrogen-bond donors (Lipinski definition) is 3. The standard InChI is InChI=1S/C17H18BrN3O3/c18-15-6-5-14(24-15)17(23)21-12-3-1-11(2-4-12)16(22)20-13-7-9-19-10-8-13/h1-6,13,19H,7-10H2,(H,20,22)(H,21,23). The third-order valence-electron chi connectivity index (χ3n) is 3.88. The lowest BCUT2D eigenvalue weighted by Crippen LogP contribution is -2.42. The predicted octanol–water partition coefficient (Wildman–Crippen LogP) is 2.78. The Labute approximate surface area is 148 Å². The molecule has 6 nitrogen and oxygen atoms in total. The summed E-state index contributed by atoms with van der Waals surface area (Å²) < 4.78 is 5.70. The summed E-state index contributed by atoms with van der Waals surface area (Å²) in [6.07, 6.45) is 1.89. The molecular formula is C17H18BrN3O3. The van der Waals surface area contributed by atoms with Gasteiger partial charge in [-0.25, -0.2) is 0 Å². The third kappa shape index (κ3) is 4.24. The molecule has 1 aliphatic rings. The topological polar surface area (TPSA) is 83.4 Å². The zero-order chi connectivity index (χ0) is 16.9. The first-order chi connectivity index (χ1) is 11.6. The Morgan fingerprint density at radius 3 is 2.38 bits per heavy atom.